The van der Waals surface area contributed by atoms with Gasteiger partial charge in [-0.05, 0) is 40.2 Å². The topological polar surface area (TPSA) is 47.4 Å². The minimum atomic E-state index is -2.62. The number of rotatable bonds is 4. The quantitative estimate of drug-likeness (QED) is 0.802. The van der Waals surface area contributed by atoms with E-state index in [4.69, 9.17) is 4.74 Å². The summed E-state index contributed by atoms with van der Waals surface area (Å²) in [5, 5.41) is 0. The lowest BCUT2D eigenvalue weighted by molar-refractivity contribution is -0.160. The fraction of sp³-hybridized carbons (Fsp3) is 0.714. The van der Waals surface area contributed by atoms with Gasteiger partial charge in [0, 0.05) is 12.4 Å². The van der Waals surface area contributed by atoms with Crippen LogP contribution in [0.3, 0.4) is 0 Å². The SMILES string of the molecule is CC(C)(C)OC(=O)[C@H]1CCCN1Cc1nccn1C(F)F. The van der Waals surface area contributed by atoms with E-state index in [1.165, 1.54) is 12.4 Å². The summed E-state index contributed by atoms with van der Waals surface area (Å²) in [6.07, 6.45) is 4.13. The predicted octanol–water partition coefficient (Wildman–Crippen LogP) is 2.58. The molecule has 0 aliphatic carbocycles. The summed E-state index contributed by atoms with van der Waals surface area (Å²) in [6.45, 7) is 3.72. The van der Waals surface area contributed by atoms with E-state index >= 15 is 0 Å². The van der Waals surface area contributed by atoms with E-state index < -0.39 is 12.2 Å². The van der Waals surface area contributed by atoms with Crippen molar-refractivity contribution in [3.05, 3.63) is 18.2 Å². The molecule has 0 bridgehead atoms. The fourth-order valence-electron chi connectivity index (χ4n) is 2.48. The molecule has 1 aliphatic rings. The number of hydrogen-bond donors (Lipinski definition) is 0. The summed E-state index contributed by atoms with van der Waals surface area (Å²) in [4.78, 5) is 18.0. The number of likely N-dealkylation sites (tertiary alicyclic amines) is 1. The average Bonchev–Trinajstić information content (AvgIpc) is 2.95. The largest absolute Gasteiger partial charge is 0.459 e. The van der Waals surface area contributed by atoms with Gasteiger partial charge in [0.15, 0.2) is 0 Å². The highest BCUT2D eigenvalue weighted by Crippen LogP contribution is 2.24. The van der Waals surface area contributed by atoms with E-state index in [0.29, 0.717) is 13.0 Å². The van der Waals surface area contributed by atoms with Gasteiger partial charge in [-0.1, -0.05) is 0 Å². The Kier molecular flexibility index (Phi) is 4.61. The number of aromatic nitrogens is 2. The fourth-order valence-corrected chi connectivity index (χ4v) is 2.48. The van der Waals surface area contributed by atoms with Gasteiger partial charge in [0.2, 0.25) is 0 Å². The molecular weight excluding hydrogens is 280 g/mol. The Balaban J connectivity index is 2.05. The number of carbonyl (C=O) groups excluding carboxylic acids is 1. The molecular formula is C14H21F2N3O2. The molecule has 0 radical (unpaired) electrons. The molecule has 0 aromatic carbocycles. The lowest BCUT2D eigenvalue weighted by atomic mass is 10.1. The van der Waals surface area contributed by atoms with Gasteiger partial charge < -0.3 is 4.74 Å². The van der Waals surface area contributed by atoms with Crippen molar-refractivity contribution in [1.82, 2.24) is 14.5 Å². The average molecular weight is 301 g/mol. The van der Waals surface area contributed by atoms with Crippen molar-refractivity contribution in [2.45, 2.75) is 58.3 Å². The maximum atomic E-state index is 12.8. The lowest BCUT2D eigenvalue weighted by Gasteiger charge is -2.27. The van der Waals surface area contributed by atoms with Crippen LogP contribution in [0.15, 0.2) is 12.4 Å². The Morgan fingerprint density at radius 3 is 2.86 bits per heavy atom. The van der Waals surface area contributed by atoms with Crippen LogP contribution in [0, 0.1) is 0 Å². The third kappa shape index (κ3) is 4.00. The van der Waals surface area contributed by atoms with E-state index in [-0.39, 0.29) is 24.4 Å². The summed E-state index contributed by atoms with van der Waals surface area (Å²) in [7, 11) is 0. The molecule has 2 rings (SSSR count). The Bertz CT molecular complexity index is 497. The third-order valence-electron chi connectivity index (χ3n) is 3.35. The number of halogens is 2. The Morgan fingerprint density at radius 2 is 2.24 bits per heavy atom. The molecule has 1 aromatic heterocycles. The molecule has 1 fully saturated rings. The van der Waals surface area contributed by atoms with Crippen molar-refractivity contribution >= 4 is 5.97 Å². The Hall–Kier alpha value is -1.50. The molecule has 0 spiro atoms. The van der Waals surface area contributed by atoms with Gasteiger partial charge in [-0.15, -0.1) is 0 Å². The maximum absolute atomic E-state index is 12.8. The molecule has 21 heavy (non-hydrogen) atoms. The summed E-state index contributed by atoms with van der Waals surface area (Å²) in [6, 6.07) is -0.382. The van der Waals surface area contributed by atoms with Crippen molar-refractivity contribution in [1.29, 1.82) is 0 Å². The van der Waals surface area contributed by atoms with Crippen LogP contribution in [0.2, 0.25) is 0 Å². The Labute approximate surface area is 122 Å². The van der Waals surface area contributed by atoms with Gasteiger partial charge in [-0.3, -0.25) is 14.3 Å². The van der Waals surface area contributed by atoms with Crippen LogP contribution < -0.4 is 0 Å². The minimum Gasteiger partial charge on any atom is -0.459 e. The van der Waals surface area contributed by atoms with Crippen LogP contribution in [-0.2, 0) is 16.1 Å². The molecule has 1 atom stereocenters. The van der Waals surface area contributed by atoms with Crippen LogP contribution in [0.25, 0.3) is 0 Å². The Morgan fingerprint density at radius 1 is 1.52 bits per heavy atom. The number of esters is 1. The number of imidazole rings is 1. The second kappa shape index (κ2) is 6.09. The zero-order chi connectivity index (χ0) is 15.6. The van der Waals surface area contributed by atoms with Gasteiger partial charge in [0.05, 0.1) is 6.54 Å². The normalized spacial score (nSPS) is 20.2. The van der Waals surface area contributed by atoms with Crippen LogP contribution in [0.4, 0.5) is 8.78 Å². The maximum Gasteiger partial charge on any atom is 0.323 e. The van der Waals surface area contributed by atoms with Crippen LogP contribution in [-0.4, -0.2) is 38.6 Å². The minimum absolute atomic E-state index is 0.223. The van der Waals surface area contributed by atoms with Crippen molar-refractivity contribution in [3.8, 4) is 0 Å². The first-order valence-corrected chi connectivity index (χ1v) is 7.05. The number of carbonyl (C=O) groups is 1. The highest BCUT2D eigenvalue weighted by molar-refractivity contribution is 5.76. The van der Waals surface area contributed by atoms with E-state index in [0.717, 1.165) is 11.0 Å². The highest BCUT2D eigenvalue weighted by atomic mass is 19.3. The monoisotopic (exact) mass is 301 g/mol. The van der Waals surface area contributed by atoms with Gasteiger partial charge >= 0.3 is 12.5 Å². The predicted molar refractivity (Wildman–Crippen MR) is 72.8 cm³/mol. The molecule has 1 aliphatic heterocycles. The van der Waals surface area contributed by atoms with E-state index in [2.05, 4.69) is 4.98 Å². The summed E-state index contributed by atoms with van der Waals surface area (Å²) in [5.41, 5.74) is -0.549. The van der Waals surface area contributed by atoms with Gasteiger partial charge in [-0.25, -0.2) is 4.98 Å². The van der Waals surface area contributed by atoms with Crippen LogP contribution in [0.5, 0.6) is 0 Å². The van der Waals surface area contributed by atoms with Gasteiger partial charge in [0.25, 0.3) is 0 Å². The molecule has 1 aromatic rings. The number of ether oxygens (including phenoxy) is 1. The summed E-state index contributed by atoms with van der Waals surface area (Å²) in [5.74, 6) is -0.0318. The molecule has 7 heteroatoms. The first kappa shape index (κ1) is 15.9. The molecule has 1 saturated heterocycles. The molecule has 118 valence electrons. The molecule has 0 amide bonds. The second-order valence-electron chi connectivity index (χ2n) is 6.19. The number of alkyl halides is 2. The van der Waals surface area contributed by atoms with Crippen LogP contribution >= 0.6 is 0 Å². The smallest absolute Gasteiger partial charge is 0.323 e. The van der Waals surface area contributed by atoms with E-state index in [9.17, 15) is 13.6 Å². The molecule has 0 N–H and O–H groups in total. The van der Waals surface area contributed by atoms with Crippen LogP contribution in [0.1, 0.15) is 46.0 Å². The number of nitrogens with zero attached hydrogens (tertiary/aromatic N) is 3. The summed E-state index contributed by atoms with van der Waals surface area (Å²) >= 11 is 0. The number of hydrogen-bond acceptors (Lipinski definition) is 4. The zero-order valence-corrected chi connectivity index (χ0v) is 12.6. The first-order chi connectivity index (χ1) is 9.78. The third-order valence-corrected chi connectivity index (χ3v) is 3.35. The standard InChI is InChI=1S/C14H21F2N3O2/c1-14(2,3)21-12(20)10-5-4-7-18(10)9-11-17-6-8-19(11)13(15)16/h6,8,10,13H,4-5,7,9H2,1-3H3/t10-/m1/s1. The highest BCUT2D eigenvalue weighted by Gasteiger charge is 2.34. The molecule has 2 heterocycles. The van der Waals surface area contributed by atoms with Crippen molar-refractivity contribution in [3.63, 3.8) is 0 Å². The van der Waals surface area contributed by atoms with Crippen molar-refractivity contribution in [2.24, 2.45) is 0 Å². The molecule has 0 saturated carbocycles. The van der Waals surface area contributed by atoms with E-state index in [1.807, 2.05) is 25.7 Å². The molecule has 5 nitrogen and oxygen atoms in total. The van der Waals surface area contributed by atoms with Crippen molar-refractivity contribution in [2.75, 3.05) is 6.54 Å². The lowest BCUT2D eigenvalue weighted by Crippen LogP contribution is -2.40. The van der Waals surface area contributed by atoms with E-state index in [1.54, 1.807) is 0 Å². The van der Waals surface area contributed by atoms with Gasteiger partial charge in [-0.2, -0.15) is 8.78 Å². The summed E-state index contributed by atoms with van der Waals surface area (Å²) < 4.78 is 31.9. The second-order valence-corrected chi connectivity index (χ2v) is 6.19. The molecule has 0 unspecified atom stereocenters. The first-order valence-electron chi connectivity index (χ1n) is 7.05. The van der Waals surface area contributed by atoms with Crippen molar-refractivity contribution < 1.29 is 18.3 Å². The zero-order valence-electron chi connectivity index (χ0n) is 12.6. The van der Waals surface area contributed by atoms with Gasteiger partial charge in [0.1, 0.15) is 17.5 Å².